The van der Waals surface area contributed by atoms with Gasteiger partial charge in [0.2, 0.25) is 11.8 Å². The maximum absolute atomic E-state index is 12.0. The number of rotatable bonds is 6. The van der Waals surface area contributed by atoms with Crippen LogP contribution in [0.2, 0.25) is 5.02 Å². The number of carbonyl (C=O) groups excluding carboxylic acids is 2. The molecule has 0 bridgehead atoms. The van der Waals surface area contributed by atoms with Gasteiger partial charge in [0.05, 0.1) is 13.3 Å². The molecule has 3 aromatic rings. The number of carbonyl (C=O) groups is 2. The molecule has 0 radical (unpaired) electrons. The third kappa shape index (κ3) is 4.86. The molecule has 3 rings (SSSR count). The quantitative estimate of drug-likeness (QED) is 0.376. The number of halogens is 1. The molecule has 2 amide bonds. The highest BCUT2D eigenvalue weighted by molar-refractivity contribution is 6.30. The van der Waals surface area contributed by atoms with E-state index in [4.69, 9.17) is 16.3 Å². The topological polar surface area (TPSA) is 79.8 Å². The lowest BCUT2D eigenvalue weighted by atomic mass is 10.0. The van der Waals surface area contributed by atoms with E-state index in [0.717, 1.165) is 16.3 Å². The van der Waals surface area contributed by atoms with E-state index in [1.54, 1.807) is 31.4 Å². The van der Waals surface area contributed by atoms with E-state index in [9.17, 15) is 9.59 Å². The van der Waals surface area contributed by atoms with Crippen LogP contribution in [0.25, 0.3) is 10.8 Å². The summed E-state index contributed by atoms with van der Waals surface area (Å²) in [4.78, 5) is 23.9. The second-order valence-corrected chi connectivity index (χ2v) is 6.36. The highest BCUT2D eigenvalue weighted by atomic mass is 35.5. The fraction of sp³-hybridized carbons (Fsp3) is 0.0952. The Morgan fingerprint density at radius 2 is 1.79 bits per heavy atom. The molecule has 0 fully saturated rings. The lowest BCUT2D eigenvalue weighted by Crippen LogP contribution is -2.24. The Kier molecular flexibility index (Phi) is 6.24. The van der Waals surface area contributed by atoms with Crippen LogP contribution in [0.5, 0.6) is 5.75 Å². The average Bonchev–Trinajstić information content (AvgIpc) is 2.69. The van der Waals surface area contributed by atoms with Crippen LogP contribution in [0.1, 0.15) is 12.0 Å². The van der Waals surface area contributed by atoms with Crippen LogP contribution in [0.3, 0.4) is 0 Å². The number of benzene rings is 3. The van der Waals surface area contributed by atoms with E-state index >= 15 is 0 Å². The Morgan fingerprint density at radius 3 is 2.54 bits per heavy atom. The Balaban J connectivity index is 1.63. The molecular weight excluding hydrogens is 378 g/mol. The third-order valence-corrected chi connectivity index (χ3v) is 4.23. The number of ether oxygens (including phenoxy) is 1. The Labute approximate surface area is 167 Å². The third-order valence-electron chi connectivity index (χ3n) is 3.98. The van der Waals surface area contributed by atoms with E-state index in [1.807, 2.05) is 36.4 Å². The minimum Gasteiger partial charge on any atom is -0.496 e. The fourth-order valence-corrected chi connectivity index (χ4v) is 2.81. The summed E-state index contributed by atoms with van der Waals surface area (Å²) < 4.78 is 5.37. The van der Waals surface area contributed by atoms with Crippen LogP contribution in [0.4, 0.5) is 5.69 Å². The van der Waals surface area contributed by atoms with E-state index < -0.39 is 11.8 Å². The molecule has 0 aliphatic rings. The zero-order valence-electron chi connectivity index (χ0n) is 15.1. The molecule has 142 valence electrons. The number of amides is 2. The van der Waals surface area contributed by atoms with Crippen molar-refractivity contribution in [3.8, 4) is 5.75 Å². The van der Waals surface area contributed by atoms with Gasteiger partial charge in [-0.2, -0.15) is 5.10 Å². The first kappa shape index (κ1) is 19.4. The summed E-state index contributed by atoms with van der Waals surface area (Å²) in [5, 5.41) is 9.13. The van der Waals surface area contributed by atoms with Crippen molar-refractivity contribution in [1.82, 2.24) is 5.43 Å². The number of fused-ring (bicyclic) bond motifs is 1. The molecule has 0 saturated carbocycles. The van der Waals surface area contributed by atoms with Crippen molar-refractivity contribution < 1.29 is 14.3 Å². The average molecular weight is 396 g/mol. The summed E-state index contributed by atoms with van der Waals surface area (Å²) in [6.45, 7) is 0. The number of hydrogen-bond donors (Lipinski definition) is 2. The van der Waals surface area contributed by atoms with Gasteiger partial charge in [-0.25, -0.2) is 5.43 Å². The lowest BCUT2D eigenvalue weighted by Gasteiger charge is -2.08. The zero-order chi connectivity index (χ0) is 19.9. The molecule has 7 heteroatoms. The number of methoxy groups -OCH3 is 1. The molecule has 0 unspecified atom stereocenters. The molecule has 0 aliphatic carbocycles. The SMILES string of the molecule is COc1ccc2ccccc2c1C=NNC(=O)CC(=O)Nc1ccc(Cl)cc1. The molecule has 28 heavy (non-hydrogen) atoms. The Hall–Kier alpha value is -3.38. The number of anilines is 1. The van der Waals surface area contributed by atoms with Crippen molar-refractivity contribution in [3.05, 3.63) is 71.2 Å². The van der Waals surface area contributed by atoms with Crippen molar-refractivity contribution in [2.24, 2.45) is 5.10 Å². The largest absolute Gasteiger partial charge is 0.496 e. The van der Waals surface area contributed by atoms with Crippen molar-refractivity contribution in [2.75, 3.05) is 12.4 Å². The van der Waals surface area contributed by atoms with Crippen molar-refractivity contribution in [2.45, 2.75) is 6.42 Å². The summed E-state index contributed by atoms with van der Waals surface area (Å²) in [6, 6.07) is 18.2. The zero-order valence-corrected chi connectivity index (χ0v) is 15.9. The second kappa shape index (κ2) is 9.01. The Bertz CT molecular complexity index is 1030. The van der Waals surface area contributed by atoms with Gasteiger partial charge < -0.3 is 10.1 Å². The summed E-state index contributed by atoms with van der Waals surface area (Å²) in [5.74, 6) is -0.336. The maximum Gasteiger partial charge on any atom is 0.249 e. The summed E-state index contributed by atoms with van der Waals surface area (Å²) in [6.07, 6.45) is 1.16. The highest BCUT2D eigenvalue weighted by Crippen LogP contribution is 2.26. The van der Waals surface area contributed by atoms with Crippen LogP contribution in [0.15, 0.2) is 65.8 Å². The summed E-state index contributed by atoms with van der Waals surface area (Å²) >= 11 is 5.80. The van der Waals surface area contributed by atoms with Gasteiger partial charge in [0.25, 0.3) is 0 Å². The van der Waals surface area contributed by atoms with E-state index in [-0.39, 0.29) is 6.42 Å². The number of nitrogens with zero attached hydrogens (tertiary/aromatic N) is 1. The predicted molar refractivity (Wildman–Crippen MR) is 111 cm³/mol. The van der Waals surface area contributed by atoms with Gasteiger partial charge in [0, 0.05) is 16.3 Å². The van der Waals surface area contributed by atoms with E-state index in [1.165, 1.54) is 6.21 Å². The number of nitrogens with one attached hydrogen (secondary N) is 2. The minimum absolute atomic E-state index is 0.355. The first-order valence-corrected chi connectivity index (χ1v) is 8.87. The first-order chi connectivity index (χ1) is 13.6. The molecule has 0 aliphatic heterocycles. The van der Waals surface area contributed by atoms with E-state index in [2.05, 4.69) is 15.8 Å². The van der Waals surface area contributed by atoms with Crippen LogP contribution < -0.4 is 15.5 Å². The van der Waals surface area contributed by atoms with Crippen molar-refractivity contribution >= 4 is 46.1 Å². The molecule has 0 saturated heterocycles. The maximum atomic E-state index is 12.0. The molecule has 0 atom stereocenters. The molecule has 0 aromatic heterocycles. The van der Waals surface area contributed by atoms with Gasteiger partial charge in [0.1, 0.15) is 12.2 Å². The van der Waals surface area contributed by atoms with Crippen LogP contribution in [0, 0.1) is 0 Å². The van der Waals surface area contributed by atoms with Crippen molar-refractivity contribution in [1.29, 1.82) is 0 Å². The molecule has 0 heterocycles. The molecule has 2 N–H and O–H groups in total. The van der Waals surface area contributed by atoms with Crippen LogP contribution >= 0.6 is 11.6 Å². The summed E-state index contributed by atoms with van der Waals surface area (Å²) in [7, 11) is 1.57. The molecular formula is C21H18ClN3O3. The highest BCUT2D eigenvalue weighted by Gasteiger charge is 2.10. The van der Waals surface area contributed by atoms with Crippen LogP contribution in [-0.4, -0.2) is 25.1 Å². The fourth-order valence-electron chi connectivity index (χ4n) is 2.68. The minimum atomic E-state index is -0.526. The molecule has 0 spiro atoms. The van der Waals surface area contributed by atoms with Gasteiger partial charge in [-0.1, -0.05) is 41.9 Å². The van der Waals surface area contributed by atoms with E-state index in [0.29, 0.717) is 16.5 Å². The van der Waals surface area contributed by atoms with Crippen molar-refractivity contribution in [3.63, 3.8) is 0 Å². The molecule has 6 nitrogen and oxygen atoms in total. The monoisotopic (exact) mass is 395 g/mol. The first-order valence-electron chi connectivity index (χ1n) is 8.50. The lowest BCUT2D eigenvalue weighted by molar-refractivity contribution is -0.126. The smallest absolute Gasteiger partial charge is 0.249 e. The van der Waals surface area contributed by atoms with Crippen LogP contribution in [-0.2, 0) is 9.59 Å². The second-order valence-electron chi connectivity index (χ2n) is 5.93. The van der Waals surface area contributed by atoms with Gasteiger partial charge in [-0.05, 0) is 41.1 Å². The van der Waals surface area contributed by atoms with Gasteiger partial charge in [-0.15, -0.1) is 0 Å². The van der Waals surface area contributed by atoms with Gasteiger partial charge in [0.15, 0.2) is 0 Å². The van der Waals surface area contributed by atoms with Gasteiger partial charge in [-0.3, -0.25) is 9.59 Å². The number of hydrazone groups is 1. The Morgan fingerprint density at radius 1 is 1.04 bits per heavy atom. The summed E-state index contributed by atoms with van der Waals surface area (Å²) in [5.41, 5.74) is 3.67. The predicted octanol–water partition coefficient (Wildman–Crippen LogP) is 3.98. The number of hydrogen-bond acceptors (Lipinski definition) is 4. The normalized spacial score (nSPS) is 10.8. The van der Waals surface area contributed by atoms with Gasteiger partial charge >= 0.3 is 0 Å². The molecule has 3 aromatic carbocycles. The standard InChI is InChI=1S/C21H18ClN3O3/c1-28-19-11-6-14-4-2-3-5-17(14)18(19)13-23-25-21(27)12-20(26)24-16-9-7-15(22)8-10-16/h2-11,13H,12H2,1H3,(H,24,26)(H,25,27).